The molecule has 138 valence electrons. The summed E-state index contributed by atoms with van der Waals surface area (Å²) in [6.45, 7) is 1.68. The second-order valence-corrected chi connectivity index (χ2v) is 6.84. The third-order valence-corrected chi connectivity index (χ3v) is 5.05. The Labute approximate surface area is 157 Å². The Balaban J connectivity index is 1.79. The number of H-pyrrole nitrogens is 1. The highest BCUT2D eigenvalue weighted by molar-refractivity contribution is 6.29. The number of pyridine rings is 1. The van der Waals surface area contributed by atoms with Crippen molar-refractivity contribution < 1.29 is 14.3 Å². The average Bonchev–Trinajstić information content (AvgIpc) is 3.14. The van der Waals surface area contributed by atoms with Gasteiger partial charge in [-0.05, 0) is 30.5 Å². The summed E-state index contributed by atoms with van der Waals surface area (Å²) < 4.78 is 6.18. The van der Waals surface area contributed by atoms with Crippen LogP contribution in [0.2, 0.25) is 5.15 Å². The highest BCUT2D eigenvalue weighted by Gasteiger charge is 2.48. The third-order valence-electron chi connectivity index (χ3n) is 4.86. The minimum atomic E-state index is -1.62. The molecule has 0 saturated heterocycles. The fraction of sp³-hybridized carbons (Fsp3) is 0.222. The lowest BCUT2D eigenvalue weighted by molar-refractivity contribution is -0.137. The van der Waals surface area contributed by atoms with Crippen molar-refractivity contribution in [3.05, 3.63) is 62.5 Å². The Bertz CT molecular complexity index is 1170. The normalized spacial score (nSPS) is 18.4. The molecule has 1 amide bonds. The van der Waals surface area contributed by atoms with Gasteiger partial charge >= 0.3 is 6.09 Å². The molecule has 1 aromatic carbocycles. The number of amides is 1. The molecule has 9 heteroatoms. The topological polar surface area (TPSA) is 120 Å². The molecule has 3 N–H and O–H groups in total. The second kappa shape index (κ2) is 5.95. The van der Waals surface area contributed by atoms with Gasteiger partial charge in [-0.1, -0.05) is 35.9 Å². The van der Waals surface area contributed by atoms with Gasteiger partial charge in [-0.3, -0.25) is 14.7 Å². The standard InChI is InChI=1S/C18H15ClN4O4/c1-9-8-12(19)21-14-13(9)15(24)23(22-14)17(26)27-18(16(20)25)7-6-10-4-2-3-5-11(10)18/h2-5,8H,6-7H2,1H3,(H2,20,25)(H,21,22). The van der Waals surface area contributed by atoms with Gasteiger partial charge in [0.15, 0.2) is 5.65 Å². The van der Waals surface area contributed by atoms with E-state index in [1.807, 2.05) is 12.1 Å². The van der Waals surface area contributed by atoms with E-state index in [0.717, 1.165) is 5.56 Å². The first-order chi connectivity index (χ1) is 12.8. The summed E-state index contributed by atoms with van der Waals surface area (Å²) in [4.78, 5) is 41.6. The van der Waals surface area contributed by atoms with Crippen molar-refractivity contribution in [2.24, 2.45) is 5.73 Å². The zero-order valence-electron chi connectivity index (χ0n) is 14.3. The van der Waals surface area contributed by atoms with Crippen LogP contribution >= 0.6 is 11.6 Å². The number of carbonyl (C=O) groups excluding carboxylic acids is 2. The highest BCUT2D eigenvalue weighted by atomic mass is 35.5. The molecule has 1 atom stereocenters. The summed E-state index contributed by atoms with van der Waals surface area (Å²) in [6.07, 6.45) is -0.292. The Morgan fingerprint density at radius 1 is 1.37 bits per heavy atom. The molecule has 0 aliphatic heterocycles. The molecule has 2 aromatic heterocycles. The fourth-order valence-corrected chi connectivity index (χ4v) is 3.81. The van der Waals surface area contributed by atoms with E-state index >= 15 is 0 Å². The van der Waals surface area contributed by atoms with Gasteiger partial charge in [0.2, 0.25) is 5.60 Å². The number of aromatic nitrogens is 3. The van der Waals surface area contributed by atoms with Crippen molar-refractivity contribution in [2.45, 2.75) is 25.4 Å². The molecule has 0 saturated carbocycles. The molecule has 1 unspecified atom stereocenters. The van der Waals surface area contributed by atoms with Gasteiger partial charge in [-0.15, -0.1) is 4.68 Å². The third kappa shape index (κ3) is 2.52. The van der Waals surface area contributed by atoms with E-state index in [2.05, 4.69) is 10.1 Å². The summed E-state index contributed by atoms with van der Waals surface area (Å²) in [6, 6.07) is 8.63. The number of aryl methyl sites for hydroxylation is 2. The summed E-state index contributed by atoms with van der Waals surface area (Å²) in [5.41, 5.74) is 5.46. The molecule has 0 radical (unpaired) electrons. The second-order valence-electron chi connectivity index (χ2n) is 6.45. The van der Waals surface area contributed by atoms with Gasteiger partial charge < -0.3 is 10.5 Å². The number of nitrogens with one attached hydrogen (secondary N) is 1. The van der Waals surface area contributed by atoms with Crippen LogP contribution in [0, 0.1) is 6.92 Å². The minimum Gasteiger partial charge on any atom is -0.426 e. The lowest BCUT2D eigenvalue weighted by Crippen LogP contribution is -2.45. The Hall–Kier alpha value is -3.13. The SMILES string of the molecule is Cc1cc(Cl)nc2[nH]n(C(=O)OC3(C(N)=O)CCc4ccccc43)c(=O)c12. The van der Waals surface area contributed by atoms with E-state index < -0.39 is 23.2 Å². The van der Waals surface area contributed by atoms with Crippen LogP contribution in [0.25, 0.3) is 11.0 Å². The molecule has 1 aliphatic carbocycles. The summed E-state index contributed by atoms with van der Waals surface area (Å²) >= 11 is 5.90. The molecular weight excluding hydrogens is 372 g/mol. The number of benzene rings is 1. The van der Waals surface area contributed by atoms with Gasteiger partial charge in [0.25, 0.3) is 11.5 Å². The number of nitrogens with two attached hydrogens (primary N) is 1. The number of halogens is 1. The fourth-order valence-electron chi connectivity index (χ4n) is 3.57. The molecule has 4 rings (SSSR count). The van der Waals surface area contributed by atoms with Crippen LogP contribution < -0.4 is 11.3 Å². The van der Waals surface area contributed by atoms with Crippen LogP contribution in [-0.2, 0) is 21.6 Å². The first-order valence-corrected chi connectivity index (χ1v) is 8.61. The number of primary amides is 1. The summed E-state index contributed by atoms with van der Waals surface area (Å²) in [5.74, 6) is -0.790. The van der Waals surface area contributed by atoms with E-state index in [0.29, 0.717) is 22.2 Å². The van der Waals surface area contributed by atoms with Gasteiger partial charge in [0.1, 0.15) is 5.15 Å². The van der Waals surface area contributed by atoms with Crippen molar-refractivity contribution >= 4 is 34.6 Å². The largest absolute Gasteiger partial charge is 0.437 e. The zero-order chi connectivity index (χ0) is 19.3. The van der Waals surface area contributed by atoms with E-state index in [1.165, 1.54) is 6.07 Å². The summed E-state index contributed by atoms with van der Waals surface area (Å²) in [7, 11) is 0. The molecule has 2 heterocycles. The number of aromatic amines is 1. The molecule has 27 heavy (non-hydrogen) atoms. The quantitative estimate of drug-likeness (QED) is 0.652. The average molecular weight is 387 g/mol. The molecule has 3 aromatic rings. The maximum Gasteiger partial charge on any atom is 0.437 e. The summed E-state index contributed by atoms with van der Waals surface area (Å²) in [5, 5.41) is 2.98. The number of nitrogens with zero attached hydrogens (tertiary/aromatic N) is 2. The minimum absolute atomic E-state index is 0.155. The van der Waals surface area contributed by atoms with Gasteiger partial charge in [0.05, 0.1) is 5.39 Å². The molecule has 0 bridgehead atoms. The predicted molar refractivity (Wildman–Crippen MR) is 97.6 cm³/mol. The maximum absolute atomic E-state index is 12.7. The Morgan fingerprint density at radius 2 is 2.11 bits per heavy atom. The van der Waals surface area contributed by atoms with Crippen LogP contribution in [0.4, 0.5) is 4.79 Å². The van der Waals surface area contributed by atoms with Crippen LogP contribution in [-0.4, -0.2) is 26.8 Å². The zero-order valence-corrected chi connectivity index (χ0v) is 15.0. The Kier molecular flexibility index (Phi) is 3.81. The van der Waals surface area contributed by atoms with Crippen LogP contribution in [0.3, 0.4) is 0 Å². The number of hydrogen-bond donors (Lipinski definition) is 2. The lowest BCUT2D eigenvalue weighted by atomic mass is 9.95. The highest BCUT2D eigenvalue weighted by Crippen LogP contribution is 2.40. The van der Waals surface area contributed by atoms with Crippen LogP contribution in [0.15, 0.2) is 35.1 Å². The number of carbonyl (C=O) groups is 2. The lowest BCUT2D eigenvalue weighted by Gasteiger charge is -2.26. The van der Waals surface area contributed by atoms with E-state index in [1.54, 1.807) is 19.1 Å². The van der Waals surface area contributed by atoms with Gasteiger partial charge in [-0.2, -0.15) is 0 Å². The van der Waals surface area contributed by atoms with Crippen LogP contribution in [0.1, 0.15) is 23.1 Å². The van der Waals surface area contributed by atoms with Crippen molar-refractivity contribution in [1.82, 2.24) is 14.8 Å². The molecule has 0 fully saturated rings. The molecule has 0 spiro atoms. The van der Waals surface area contributed by atoms with Crippen LogP contribution in [0.5, 0.6) is 0 Å². The first-order valence-electron chi connectivity index (χ1n) is 8.23. The van der Waals surface area contributed by atoms with E-state index in [9.17, 15) is 14.4 Å². The smallest absolute Gasteiger partial charge is 0.426 e. The molecule has 1 aliphatic rings. The predicted octanol–water partition coefficient (Wildman–Crippen LogP) is 2.00. The van der Waals surface area contributed by atoms with E-state index in [4.69, 9.17) is 22.1 Å². The molecular formula is C18H15ClN4O4. The van der Waals surface area contributed by atoms with Crippen molar-refractivity contribution in [3.63, 3.8) is 0 Å². The number of hydrogen-bond acceptors (Lipinski definition) is 5. The molecule has 8 nitrogen and oxygen atoms in total. The number of rotatable bonds is 2. The number of ether oxygens (including phenoxy) is 1. The Morgan fingerprint density at radius 3 is 2.85 bits per heavy atom. The number of fused-ring (bicyclic) bond motifs is 2. The maximum atomic E-state index is 12.7. The monoisotopic (exact) mass is 386 g/mol. The van der Waals surface area contributed by atoms with Gasteiger partial charge in [0, 0.05) is 12.0 Å². The van der Waals surface area contributed by atoms with Gasteiger partial charge in [-0.25, -0.2) is 9.78 Å². The van der Waals surface area contributed by atoms with Crippen molar-refractivity contribution in [1.29, 1.82) is 0 Å². The van der Waals surface area contributed by atoms with Crippen molar-refractivity contribution in [3.8, 4) is 0 Å². The van der Waals surface area contributed by atoms with E-state index in [-0.39, 0.29) is 22.6 Å². The first kappa shape index (κ1) is 17.3. The van der Waals surface area contributed by atoms with Crippen molar-refractivity contribution in [2.75, 3.05) is 0 Å².